The Kier molecular flexibility index (Phi) is 3.92. The highest BCUT2D eigenvalue weighted by Gasteiger charge is 2.12. The molecular formula is C10H20N. The Balaban J connectivity index is 2.20. The highest BCUT2D eigenvalue weighted by Crippen LogP contribution is 2.22. The van der Waals surface area contributed by atoms with E-state index in [-0.39, 0.29) is 0 Å². The van der Waals surface area contributed by atoms with Gasteiger partial charge in [0.15, 0.2) is 0 Å². The molecule has 1 fully saturated rings. The molecule has 0 aromatic heterocycles. The molecule has 1 heterocycles. The van der Waals surface area contributed by atoms with Gasteiger partial charge in [0.2, 0.25) is 0 Å². The molecule has 1 saturated heterocycles. The Morgan fingerprint density at radius 2 is 2.09 bits per heavy atom. The summed E-state index contributed by atoms with van der Waals surface area (Å²) < 4.78 is 0. The maximum Gasteiger partial charge on any atom is -0.00463 e. The third-order valence-corrected chi connectivity index (χ3v) is 2.39. The van der Waals surface area contributed by atoms with Gasteiger partial charge in [0.25, 0.3) is 0 Å². The summed E-state index contributed by atoms with van der Waals surface area (Å²) in [5.41, 5.74) is 0. The molecule has 0 aliphatic carbocycles. The van der Waals surface area contributed by atoms with Crippen molar-refractivity contribution in [2.24, 2.45) is 5.92 Å². The highest BCUT2D eigenvalue weighted by molar-refractivity contribution is 4.82. The van der Waals surface area contributed by atoms with Crippen LogP contribution in [-0.2, 0) is 0 Å². The van der Waals surface area contributed by atoms with Gasteiger partial charge in [-0.05, 0) is 50.6 Å². The SMILES string of the molecule is C[C](C)CC1CCCNCC1. The van der Waals surface area contributed by atoms with Crippen molar-refractivity contribution < 1.29 is 0 Å². The van der Waals surface area contributed by atoms with Crippen LogP contribution < -0.4 is 5.32 Å². The molecule has 1 rings (SSSR count). The fourth-order valence-corrected chi connectivity index (χ4v) is 1.87. The number of rotatable bonds is 2. The summed E-state index contributed by atoms with van der Waals surface area (Å²) in [6.45, 7) is 6.97. The van der Waals surface area contributed by atoms with Crippen molar-refractivity contribution in [2.75, 3.05) is 13.1 Å². The Morgan fingerprint density at radius 3 is 2.82 bits per heavy atom. The van der Waals surface area contributed by atoms with E-state index in [2.05, 4.69) is 19.2 Å². The molecule has 11 heavy (non-hydrogen) atoms. The first-order chi connectivity index (χ1) is 5.29. The molecule has 0 aromatic carbocycles. The van der Waals surface area contributed by atoms with Gasteiger partial charge < -0.3 is 5.32 Å². The van der Waals surface area contributed by atoms with Crippen LogP contribution >= 0.6 is 0 Å². The third kappa shape index (κ3) is 3.76. The summed E-state index contributed by atoms with van der Waals surface area (Å²) in [7, 11) is 0. The molecule has 0 saturated carbocycles. The molecule has 65 valence electrons. The average molecular weight is 154 g/mol. The zero-order valence-electron chi connectivity index (χ0n) is 7.82. The largest absolute Gasteiger partial charge is 0.317 e. The van der Waals surface area contributed by atoms with Crippen LogP contribution in [0.3, 0.4) is 0 Å². The Labute approximate surface area is 70.6 Å². The van der Waals surface area contributed by atoms with Crippen LogP contribution in [0.25, 0.3) is 0 Å². The molecule has 0 aromatic rings. The van der Waals surface area contributed by atoms with Gasteiger partial charge in [-0.2, -0.15) is 0 Å². The lowest BCUT2D eigenvalue weighted by Crippen LogP contribution is -2.14. The van der Waals surface area contributed by atoms with E-state index in [0.29, 0.717) is 0 Å². The quantitative estimate of drug-likeness (QED) is 0.644. The summed E-state index contributed by atoms with van der Waals surface area (Å²) >= 11 is 0. The Hall–Kier alpha value is -0.0400. The minimum Gasteiger partial charge on any atom is -0.317 e. The Morgan fingerprint density at radius 1 is 1.27 bits per heavy atom. The second-order valence-electron chi connectivity index (χ2n) is 3.96. The fraction of sp³-hybridized carbons (Fsp3) is 0.900. The van der Waals surface area contributed by atoms with Crippen LogP contribution in [0.2, 0.25) is 0 Å². The van der Waals surface area contributed by atoms with Crippen molar-refractivity contribution in [1.29, 1.82) is 0 Å². The lowest BCUT2D eigenvalue weighted by molar-refractivity contribution is 0.448. The zero-order chi connectivity index (χ0) is 8.10. The molecule has 1 radical (unpaired) electrons. The first-order valence-electron chi connectivity index (χ1n) is 4.79. The van der Waals surface area contributed by atoms with Crippen molar-refractivity contribution in [3.63, 3.8) is 0 Å². The van der Waals surface area contributed by atoms with Gasteiger partial charge in [-0.1, -0.05) is 13.8 Å². The standard InChI is InChI=1S/C10H20N/c1-9(2)8-10-4-3-6-11-7-5-10/h10-11H,3-8H2,1-2H3. The first-order valence-corrected chi connectivity index (χ1v) is 4.79. The summed E-state index contributed by atoms with van der Waals surface area (Å²) in [4.78, 5) is 0. The van der Waals surface area contributed by atoms with Gasteiger partial charge in [-0.15, -0.1) is 0 Å². The molecule has 1 atom stereocenters. The minimum absolute atomic E-state index is 0.968. The fourth-order valence-electron chi connectivity index (χ4n) is 1.87. The first kappa shape index (κ1) is 9.05. The second kappa shape index (κ2) is 4.76. The van der Waals surface area contributed by atoms with E-state index in [1.807, 2.05) is 0 Å². The van der Waals surface area contributed by atoms with Gasteiger partial charge >= 0.3 is 0 Å². The summed E-state index contributed by atoms with van der Waals surface area (Å²) in [5.74, 6) is 2.56. The van der Waals surface area contributed by atoms with Crippen LogP contribution in [0.1, 0.15) is 39.5 Å². The van der Waals surface area contributed by atoms with E-state index >= 15 is 0 Å². The predicted molar refractivity (Wildman–Crippen MR) is 49.4 cm³/mol. The van der Waals surface area contributed by atoms with Crippen molar-refractivity contribution in [3.8, 4) is 0 Å². The van der Waals surface area contributed by atoms with E-state index in [9.17, 15) is 0 Å². The van der Waals surface area contributed by atoms with E-state index < -0.39 is 0 Å². The predicted octanol–water partition coefficient (Wildman–Crippen LogP) is 2.38. The maximum absolute atomic E-state index is 3.44. The average Bonchev–Trinajstić information content (AvgIpc) is 2.14. The van der Waals surface area contributed by atoms with E-state index in [4.69, 9.17) is 0 Å². The normalized spacial score (nSPS) is 27.0. The molecule has 0 bridgehead atoms. The van der Waals surface area contributed by atoms with Crippen molar-refractivity contribution in [2.45, 2.75) is 39.5 Å². The van der Waals surface area contributed by atoms with Crippen molar-refractivity contribution in [1.82, 2.24) is 5.32 Å². The Bertz CT molecular complexity index is 91.0. The molecule has 1 aliphatic heterocycles. The van der Waals surface area contributed by atoms with Crippen LogP contribution in [0.5, 0.6) is 0 Å². The van der Waals surface area contributed by atoms with Gasteiger partial charge in [-0.3, -0.25) is 0 Å². The molecule has 0 spiro atoms. The van der Waals surface area contributed by atoms with E-state index in [0.717, 1.165) is 5.92 Å². The van der Waals surface area contributed by atoms with Crippen molar-refractivity contribution in [3.05, 3.63) is 5.92 Å². The van der Waals surface area contributed by atoms with Crippen LogP contribution in [0.4, 0.5) is 0 Å². The molecule has 1 N–H and O–H groups in total. The summed E-state index contributed by atoms with van der Waals surface area (Å²) in [6, 6.07) is 0. The van der Waals surface area contributed by atoms with Gasteiger partial charge in [0.1, 0.15) is 0 Å². The molecule has 1 heteroatoms. The third-order valence-electron chi connectivity index (χ3n) is 2.39. The van der Waals surface area contributed by atoms with E-state index in [1.165, 1.54) is 38.8 Å². The number of hydrogen-bond donors (Lipinski definition) is 1. The van der Waals surface area contributed by atoms with Gasteiger partial charge in [0, 0.05) is 0 Å². The molecular weight excluding hydrogens is 134 g/mol. The lowest BCUT2D eigenvalue weighted by atomic mass is 9.91. The lowest BCUT2D eigenvalue weighted by Gasteiger charge is -2.14. The van der Waals surface area contributed by atoms with Crippen molar-refractivity contribution >= 4 is 0 Å². The monoisotopic (exact) mass is 154 g/mol. The molecule has 1 aliphatic rings. The smallest absolute Gasteiger partial charge is 0.00463 e. The topological polar surface area (TPSA) is 12.0 Å². The van der Waals surface area contributed by atoms with Crippen LogP contribution in [-0.4, -0.2) is 13.1 Å². The molecule has 1 nitrogen and oxygen atoms in total. The van der Waals surface area contributed by atoms with Crippen LogP contribution in [0, 0.1) is 11.8 Å². The summed E-state index contributed by atoms with van der Waals surface area (Å²) in [5, 5.41) is 3.44. The minimum atomic E-state index is 0.968. The van der Waals surface area contributed by atoms with Gasteiger partial charge in [0.05, 0.1) is 0 Å². The highest BCUT2D eigenvalue weighted by atomic mass is 14.8. The summed E-state index contributed by atoms with van der Waals surface area (Å²) in [6.07, 6.45) is 5.53. The number of nitrogens with one attached hydrogen (secondary N) is 1. The molecule has 0 amide bonds. The number of hydrogen-bond acceptors (Lipinski definition) is 1. The van der Waals surface area contributed by atoms with Gasteiger partial charge in [-0.25, -0.2) is 0 Å². The zero-order valence-corrected chi connectivity index (χ0v) is 7.82. The van der Waals surface area contributed by atoms with Crippen LogP contribution in [0.15, 0.2) is 0 Å². The van der Waals surface area contributed by atoms with E-state index in [1.54, 1.807) is 5.92 Å². The second-order valence-corrected chi connectivity index (χ2v) is 3.96. The molecule has 1 unspecified atom stereocenters. The maximum atomic E-state index is 3.44.